The van der Waals surface area contributed by atoms with Crippen LogP contribution in [-0.2, 0) is 0 Å². The van der Waals surface area contributed by atoms with E-state index in [-0.39, 0.29) is 5.91 Å². The van der Waals surface area contributed by atoms with Gasteiger partial charge >= 0.3 is 0 Å². The van der Waals surface area contributed by atoms with Gasteiger partial charge in [-0.25, -0.2) is 4.98 Å². The topological polar surface area (TPSA) is 68.0 Å². The monoisotopic (exact) mass is 375 g/mol. The predicted octanol–water partition coefficient (Wildman–Crippen LogP) is 3.50. The van der Waals surface area contributed by atoms with Crippen molar-refractivity contribution in [3.8, 4) is 0 Å². The molecule has 88 valence electrons. The summed E-state index contributed by atoms with van der Waals surface area (Å²) in [5.41, 5.74) is 6.66. The van der Waals surface area contributed by atoms with E-state index in [4.69, 9.17) is 5.73 Å². The minimum absolute atomic E-state index is 0.244. The smallest absolute Gasteiger partial charge is 0.258 e. The molecule has 1 heterocycles. The second-order valence-electron chi connectivity index (χ2n) is 3.16. The van der Waals surface area contributed by atoms with Crippen LogP contribution in [0.2, 0.25) is 0 Å². The number of nitrogens with one attached hydrogen (secondary N) is 1. The fourth-order valence-corrected chi connectivity index (χ4v) is 2.72. The first kappa shape index (κ1) is 12.5. The minimum atomic E-state index is -0.244. The molecule has 1 aromatic carbocycles. The van der Waals surface area contributed by atoms with Crippen LogP contribution >= 0.6 is 43.2 Å². The van der Waals surface area contributed by atoms with E-state index in [0.29, 0.717) is 20.9 Å². The zero-order valence-corrected chi connectivity index (χ0v) is 12.4. The molecule has 0 unspecified atom stereocenters. The average molecular weight is 377 g/mol. The molecule has 0 aliphatic carbocycles. The van der Waals surface area contributed by atoms with Crippen LogP contribution < -0.4 is 11.1 Å². The van der Waals surface area contributed by atoms with Crippen LogP contribution in [0.25, 0.3) is 0 Å². The van der Waals surface area contributed by atoms with Gasteiger partial charge in [-0.1, -0.05) is 11.3 Å². The van der Waals surface area contributed by atoms with E-state index in [1.165, 1.54) is 11.3 Å². The highest BCUT2D eigenvalue weighted by Gasteiger charge is 2.12. The number of amides is 1. The van der Waals surface area contributed by atoms with E-state index < -0.39 is 0 Å². The lowest BCUT2D eigenvalue weighted by atomic mass is 10.2. The molecule has 0 aliphatic heterocycles. The fraction of sp³-hybridized carbons (Fsp3) is 0. The molecule has 3 N–H and O–H groups in total. The Hall–Kier alpha value is -0.920. The molecule has 2 aromatic rings. The SMILES string of the molecule is Nc1ccc(Br)c(C(=O)Nc2ncc(Br)s2)c1. The summed E-state index contributed by atoms with van der Waals surface area (Å²) in [6.45, 7) is 0. The lowest BCUT2D eigenvalue weighted by Crippen LogP contribution is -2.12. The Morgan fingerprint density at radius 2 is 2.18 bits per heavy atom. The number of anilines is 2. The van der Waals surface area contributed by atoms with E-state index in [0.717, 1.165) is 3.79 Å². The second kappa shape index (κ2) is 5.16. The number of nitrogen functional groups attached to an aromatic ring is 1. The number of benzene rings is 1. The van der Waals surface area contributed by atoms with Crippen LogP contribution in [0.5, 0.6) is 0 Å². The van der Waals surface area contributed by atoms with E-state index in [1.54, 1.807) is 24.4 Å². The summed E-state index contributed by atoms with van der Waals surface area (Å²) >= 11 is 7.93. The van der Waals surface area contributed by atoms with Gasteiger partial charge in [-0.2, -0.15) is 0 Å². The molecular formula is C10H7Br2N3OS. The summed E-state index contributed by atoms with van der Waals surface area (Å²) in [4.78, 5) is 16.0. The highest BCUT2D eigenvalue weighted by atomic mass is 79.9. The van der Waals surface area contributed by atoms with Crippen molar-refractivity contribution in [1.82, 2.24) is 4.98 Å². The van der Waals surface area contributed by atoms with Gasteiger partial charge < -0.3 is 5.73 Å². The number of carbonyl (C=O) groups is 1. The van der Waals surface area contributed by atoms with Gasteiger partial charge in [-0.05, 0) is 50.1 Å². The van der Waals surface area contributed by atoms with Crippen LogP contribution in [0, 0.1) is 0 Å². The molecule has 0 aliphatic rings. The first-order chi connectivity index (χ1) is 8.06. The van der Waals surface area contributed by atoms with E-state index in [1.807, 2.05) is 0 Å². The number of aromatic nitrogens is 1. The Morgan fingerprint density at radius 3 is 2.82 bits per heavy atom. The summed E-state index contributed by atoms with van der Waals surface area (Å²) in [5, 5.41) is 3.24. The first-order valence-electron chi connectivity index (χ1n) is 4.54. The number of thiazole rings is 1. The molecule has 0 saturated heterocycles. The largest absolute Gasteiger partial charge is 0.399 e. The van der Waals surface area contributed by atoms with Gasteiger partial charge in [0.15, 0.2) is 5.13 Å². The lowest BCUT2D eigenvalue weighted by Gasteiger charge is -2.05. The number of rotatable bonds is 2. The van der Waals surface area contributed by atoms with Crippen molar-refractivity contribution in [2.24, 2.45) is 0 Å². The summed E-state index contributed by atoms with van der Waals surface area (Å²) in [7, 11) is 0. The molecule has 7 heteroatoms. The number of nitrogens with zero attached hydrogens (tertiary/aromatic N) is 1. The molecule has 2 rings (SSSR count). The van der Waals surface area contributed by atoms with Gasteiger partial charge in [-0.3, -0.25) is 10.1 Å². The standard InChI is InChI=1S/C10H7Br2N3OS/c11-7-2-1-5(13)3-6(7)9(16)15-10-14-4-8(12)17-10/h1-4H,13H2,(H,14,15,16). The quantitative estimate of drug-likeness (QED) is 0.788. The highest BCUT2D eigenvalue weighted by Crippen LogP contribution is 2.25. The van der Waals surface area contributed by atoms with Crippen molar-refractivity contribution in [3.63, 3.8) is 0 Å². The van der Waals surface area contributed by atoms with Crippen LogP contribution in [0.15, 0.2) is 32.7 Å². The average Bonchev–Trinajstić information content (AvgIpc) is 2.67. The van der Waals surface area contributed by atoms with Crippen LogP contribution in [0.3, 0.4) is 0 Å². The van der Waals surface area contributed by atoms with E-state index in [2.05, 4.69) is 42.2 Å². The summed E-state index contributed by atoms with van der Waals surface area (Å²) < 4.78 is 1.55. The molecule has 0 radical (unpaired) electrons. The Labute approximate surface area is 118 Å². The van der Waals surface area contributed by atoms with Gasteiger partial charge in [0.1, 0.15) is 0 Å². The van der Waals surface area contributed by atoms with Crippen molar-refractivity contribution < 1.29 is 4.79 Å². The molecule has 0 atom stereocenters. The first-order valence-corrected chi connectivity index (χ1v) is 6.94. The maximum absolute atomic E-state index is 12.0. The van der Waals surface area contributed by atoms with Crippen LogP contribution in [0.4, 0.5) is 10.8 Å². The third kappa shape index (κ3) is 3.05. The lowest BCUT2D eigenvalue weighted by molar-refractivity contribution is 0.102. The van der Waals surface area contributed by atoms with Crippen LogP contribution in [0.1, 0.15) is 10.4 Å². The molecule has 0 spiro atoms. The Morgan fingerprint density at radius 1 is 1.41 bits per heavy atom. The summed E-state index contributed by atoms with van der Waals surface area (Å²) in [6, 6.07) is 5.07. The predicted molar refractivity (Wildman–Crippen MR) is 76.3 cm³/mol. The van der Waals surface area contributed by atoms with Gasteiger partial charge in [0.25, 0.3) is 5.91 Å². The number of hydrogen-bond acceptors (Lipinski definition) is 4. The van der Waals surface area contributed by atoms with Gasteiger partial charge in [0.05, 0.1) is 15.5 Å². The third-order valence-electron chi connectivity index (χ3n) is 1.93. The molecule has 0 bridgehead atoms. The molecule has 0 saturated carbocycles. The van der Waals surface area contributed by atoms with Gasteiger partial charge in [-0.15, -0.1) is 0 Å². The van der Waals surface area contributed by atoms with Crippen molar-refractivity contribution >= 4 is 59.9 Å². The van der Waals surface area contributed by atoms with E-state index >= 15 is 0 Å². The molecule has 0 fully saturated rings. The molecule has 1 aromatic heterocycles. The molecule has 1 amide bonds. The Balaban J connectivity index is 2.22. The number of halogens is 2. The maximum Gasteiger partial charge on any atom is 0.258 e. The third-order valence-corrected chi connectivity index (χ3v) is 4.02. The summed E-state index contributed by atoms with van der Waals surface area (Å²) in [5.74, 6) is -0.244. The van der Waals surface area contributed by atoms with Crippen molar-refractivity contribution in [2.75, 3.05) is 11.1 Å². The van der Waals surface area contributed by atoms with Crippen molar-refractivity contribution in [2.45, 2.75) is 0 Å². The Bertz CT molecular complexity index is 570. The second-order valence-corrected chi connectivity index (χ2v) is 6.43. The van der Waals surface area contributed by atoms with Crippen molar-refractivity contribution in [1.29, 1.82) is 0 Å². The van der Waals surface area contributed by atoms with Crippen molar-refractivity contribution in [3.05, 3.63) is 38.2 Å². The number of nitrogens with two attached hydrogens (primary N) is 1. The maximum atomic E-state index is 12.0. The molecule has 4 nitrogen and oxygen atoms in total. The minimum Gasteiger partial charge on any atom is -0.399 e. The zero-order chi connectivity index (χ0) is 12.4. The molecular weight excluding hydrogens is 370 g/mol. The normalized spacial score (nSPS) is 10.2. The zero-order valence-electron chi connectivity index (χ0n) is 8.41. The highest BCUT2D eigenvalue weighted by molar-refractivity contribution is 9.11. The van der Waals surface area contributed by atoms with E-state index in [9.17, 15) is 4.79 Å². The van der Waals surface area contributed by atoms with Crippen LogP contribution in [-0.4, -0.2) is 10.9 Å². The Kier molecular flexibility index (Phi) is 3.80. The number of hydrogen-bond donors (Lipinski definition) is 2. The summed E-state index contributed by atoms with van der Waals surface area (Å²) in [6.07, 6.45) is 1.63. The number of carbonyl (C=O) groups excluding carboxylic acids is 1. The fourth-order valence-electron chi connectivity index (χ4n) is 1.19. The van der Waals surface area contributed by atoms with Gasteiger partial charge in [0.2, 0.25) is 0 Å². The molecule has 17 heavy (non-hydrogen) atoms. The van der Waals surface area contributed by atoms with Gasteiger partial charge in [0, 0.05) is 10.2 Å².